The molecule has 0 radical (unpaired) electrons. The molecule has 4 rings (SSSR count). The Morgan fingerprint density at radius 2 is 1.92 bits per heavy atom. The van der Waals surface area contributed by atoms with Crippen LogP contribution in [0.2, 0.25) is 0 Å². The van der Waals surface area contributed by atoms with E-state index in [1.807, 2.05) is 0 Å². The molecule has 1 aromatic rings. The monoisotopic (exact) mass is 326 g/mol. The minimum absolute atomic E-state index is 0.0380. The Balaban J connectivity index is 1.84. The van der Waals surface area contributed by atoms with Crippen molar-refractivity contribution in [3.05, 3.63) is 28.8 Å². The molecule has 1 N–H and O–H groups in total. The molecule has 24 heavy (non-hydrogen) atoms. The fraction of sp³-hybridized carbons (Fsp3) is 0.526. The van der Waals surface area contributed by atoms with Crippen LogP contribution in [0.5, 0.6) is 0 Å². The molecule has 0 bridgehead atoms. The Hall–Kier alpha value is -2.17. The van der Waals surface area contributed by atoms with Gasteiger partial charge in [-0.05, 0) is 54.9 Å². The predicted octanol–water partition coefficient (Wildman–Crippen LogP) is 2.30. The molecule has 1 unspecified atom stereocenters. The molecule has 1 saturated heterocycles. The maximum atomic E-state index is 13.2. The number of nitrogens with one attached hydrogen (secondary N) is 1. The second-order valence-corrected chi connectivity index (χ2v) is 7.61. The van der Waals surface area contributed by atoms with Gasteiger partial charge in [0.05, 0.1) is 5.41 Å². The first kappa shape index (κ1) is 15.4. The number of fused-ring (bicyclic) bond motifs is 2. The topological polar surface area (TPSA) is 66.5 Å². The number of hydrogen-bond donors (Lipinski definition) is 1. The van der Waals surface area contributed by atoms with Crippen molar-refractivity contribution in [2.75, 3.05) is 4.90 Å². The Morgan fingerprint density at radius 3 is 2.50 bits per heavy atom. The van der Waals surface area contributed by atoms with Gasteiger partial charge in [-0.1, -0.05) is 19.9 Å². The normalized spacial score (nSPS) is 24.6. The highest BCUT2D eigenvalue weighted by Crippen LogP contribution is 2.59. The molecule has 2 aliphatic heterocycles. The summed E-state index contributed by atoms with van der Waals surface area (Å²) in [6.07, 6.45) is 2.39. The van der Waals surface area contributed by atoms with Gasteiger partial charge in [-0.3, -0.25) is 24.6 Å². The van der Waals surface area contributed by atoms with Gasteiger partial charge in [-0.2, -0.15) is 0 Å². The van der Waals surface area contributed by atoms with Gasteiger partial charge in [0, 0.05) is 12.1 Å². The third kappa shape index (κ3) is 1.96. The zero-order valence-electron chi connectivity index (χ0n) is 14.3. The van der Waals surface area contributed by atoms with Crippen molar-refractivity contribution in [3.63, 3.8) is 0 Å². The molecule has 1 atom stereocenters. The van der Waals surface area contributed by atoms with Gasteiger partial charge in [0.25, 0.3) is 0 Å². The number of imide groups is 1. The minimum atomic E-state index is -0.573. The van der Waals surface area contributed by atoms with E-state index in [0.29, 0.717) is 12.3 Å². The highest BCUT2D eigenvalue weighted by Gasteiger charge is 2.61. The average molecular weight is 326 g/mol. The number of aryl methyl sites for hydroxylation is 1. The molecule has 5 heteroatoms. The van der Waals surface area contributed by atoms with Gasteiger partial charge in [0.2, 0.25) is 17.7 Å². The van der Waals surface area contributed by atoms with Gasteiger partial charge >= 0.3 is 0 Å². The first-order chi connectivity index (χ1) is 11.3. The zero-order chi connectivity index (χ0) is 17.2. The number of amides is 3. The fourth-order valence-corrected chi connectivity index (χ4v) is 4.22. The molecule has 5 nitrogen and oxygen atoms in total. The van der Waals surface area contributed by atoms with Crippen molar-refractivity contribution in [1.82, 2.24) is 5.32 Å². The molecule has 2 heterocycles. The molecule has 2 fully saturated rings. The number of rotatable bonds is 2. The highest BCUT2D eigenvalue weighted by atomic mass is 16.2. The summed E-state index contributed by atoms with van der Waals surface area (Å²) in [7, 11) is 0. The van der Waals surface area contributed by atoms with E-state index in [-0.39, 0.29) is 24.1 Å². The summed E-state index contributed by atoms with van der Waals surface area (Å²) in [6.45, 7) is 6.31. The Labute approximate surface area is 141 Å². The van der Waals surface area contributed by atoms with Gasteiger partial charge in [0.15, 0.2) is 0 Å². The van der Waals surface area contributed by atoms with Crippen LogP contribution in [0.1, 0.15) is 62.1 Å². The zero-order valence-corrected chi connectivity index (χ0v) is 14.3. The number of nitrogens with zero attached hydrogens (tertiary/aromatic N) is 1. The number of anilines is 1. The number of hydrogen-bond acceptors (Lipinski definition) is 3. The van der Waals surface area contributed by atoms with Crippen LogP contribution in [0.25, 0.3) is 0 Å². The summed E-state index contributed by atoms with van der Waals surface area (Å²) in [4.78, 5) is 38.7. The second-order valence-electron chi connectivity index (χ2n) is 7.61. The Kier molecular flexibility index (Phi) is 3.15. The third-order valence-electron chi connectivity index (χ3n) is 5.64. The van der Waals surface area contributed by atoms with E-state index in [1.54, 1.807) is 4.90 Å². The first-order valence-electron chi connectivity index (χ1n) is 8.67. The fourth-order valence-electron chi connectivity index (χ4n) is 4.22. The van der Waals surface area contributed by atoms with Crippen LogP contribution in [0.3, 0.4) is 0 Å². The van der Waals surface area contributed by atoms with Crippen molar-refractivity contribution >= 4 is 23.4 Å². The van der Waals surface area contributed by atoms with Gasteiger partial charge in [-0.25, -0.2) is 0 Å². The van der Waals surface area contributed by atoms with Crippen molar-refractivity contribution in [2.45, 2.75) is 63.8 Å². The largest absolute Gasteiger partial charge is 0.299 e. The minimum Gasteiger partial charge on any atom is -0.299 e. The summed E-state index contributed by atoms with van der Waals surface area (Å²) < 4.78 is 0. The van der Waals surface area contributed by atoms with Crippen LogP contribution in [0.4, 0.5) is 5.69 Å². The molecule has 1 spiro atoms. The first-order valence-corrected chi connectivity index (χ1v) is 8.67. The van der Waals surface area contributed by atoms with Crippen LogP contribution in [0.15, 0.2) is 12.1 Å². The SMILES string of the molecule is Cc1cc(C(C)C)cc2c1C1(CC1)C(=O)N2C1CCC(=O)NC1=O. The highest BCUT2D eigenvalue weighted by molar-refractivity contribution is 6.15. The van der Waals surface area contributed by atoms with E-state index in [4.69, 9.17) is 0 Å². The molecular formula is C19H22N2O3. The second kappa shape index (κ2) is 4.91. The van der Waals surface area contributed by atoms with Crippen molar-refractivity contribution in [2.24, 2.45) is 0 Å². The van der Waals surface area contributed by atoms with E-state index in [9.17, 15) is 14.4 Å². The smallest absolute Gasteiger partial charge is 0.249 e. The summed E-state index contributed by atoms with van der Waals surface area (Å²) in [6, 6.07) is 3.67. The third-order valence-corrected chi connectivity index (χ3v) is 5.64. The lowest BCUT2D eigenvalue weighted by Crippen LogP contribution is -2.54. The van der Waals surface area contributed by atoms with E-state index >= 15 is 0 Å². The van der Waals surface area contributed by atoms with Crippen LogP contribution in [0, 0.1) is 6.92 Å². The van der Waals surface area contributed by atoms with Gasteiger partial charge in [0.1, 0.15) is 6.04 Å². The summed E-state index contributed by atoms with van der Waals surface area (Å²) in [5.74, 6) is -0.216. The van der Waals surface area contributed by atoms with E-state index in [2.05, 4.69) is 38.2 Å². The summed E-state index contributed by atoms with van der Waals surface area (Å²) in [5.41, 5.74) is 3.87. The Bertz CT molecular complexity index is 777. The molecule has 1 aliphatic carbocycles. The Morgan fingerprint density at radius 1 is 1.21 bits per heavy atom. The number of benzene rings is 1. The van der Waals surface area contributed by atoms with E-state index in [1.165, 1.54) is 5.56 Å². The average Bonchev–Trinajstić information content (AvgIpc) is 3.25. The maximum Gasteiger partial charge on any atom is 0.249 e. The van der Waals surface area contributed by atoms with Gasteiger partial charge in [-0.15, -0.1) is 0 Å². The molecule has 0 aromatic heterocycles. The lowest BCUT2D eigenvalue weighted by atomic mass is 9.90. The quantitative estimate of drug-likeness (QED) is 0.848. The lowest BCUT2D eigenvalue weighted by Gasteiger charge is -2.30. The van der Waals surface area contributed by atoms with E-state index in [0.717, 1.165) is 29.7 Å². The van der Waals surface area contributed by atoms with Gasteiger partial charge < -0.3 is 0 Å². The van der Waals surface area contributed by atoms with Crippen molar-refractivity contribution < 1.29 is 14.4 Å². The summed E-state index contributed by atoms with van der Waals surface area (Å²) >= 11 is 0. The van der Waals surface area contributed by atoms with Crippen LogP contribution < -0.4 is 10.2 Å². The van der Waals surface area contributed by atoms with Crippen molar-refractivity contribution in [1.29, 1.82) is 0 Å². The maximum absolute atomic E-state index is 13.2. The molecule has 3 aliphatic rings. The lowest BCUT2D eigenvalue weighted by molar-refractivity contribution is -0.135. The van der Waals surface area contributed by atoms with Crippen molar-refractivity contribution in [3.8, 4) is 0 Å². The molecule has 3 amide bonds. The molecular weight excluding hydrogens is 304 g/mol. The van der Waals surface area contributed by atoms with E-state index < -0.39 is 11.5 Å². The molecule has 1 saturated carbocycles. The number of piperidine rings is 1. The molecule has 126 valence electrons. The van der Waals surface area contributed by atoms with Crippen LogP contribution >= 0.6 is 0 Å². The number of carbonyl (C=O) groups excluding carboxylic acids is 3. The molecule has 1 aromatic carbocycles. The number of carbonyl (C=O) groups is 3. The predicted molar refractivity (Wildman–Crippen MR) is 89.8 cm³/mol. The van der Waals surface area contributed by atoms with Crippen LogP contribution in [-0.2, 0) is 19.8 Å². The summed E-state index contributed by atoms with van der Waals surface area (Å²) in [5, 5.41) is 2.39. The standard InChI is InChI=1S/C19H22N2O3/c1-10(2)12-8-11(3)16-14(9-12)21(18(24)19(16)6-7-19)13-4-5-15(22)20-17(13)23/h8-10,13H,4-7H2,1-3H3,(H,20,22,23). The van der Waals surface area contributed by atoms with Crippen LogP contribution in [-0.4, -0.2) is 23.8 Å².